The fourth-order valence-electron chi connectivity index (χ4n) is 2.51. The van der Waals surface area contributed by atoms with Crippen molar-refractivity contribution in [3.63, 3.8) is 0 Å². The van der Waals surface area contributed by atoms with Crippen LogP contribution in [-0.4, -0.2) is 6.54 Å². The minimum Gasteiger partial charge on any atom is -0.384 e. The zero-order chi connectivity index (χ0) is 10.1. The van der Waals surface area contributed by atoms with Crippen LogP contribution in [0, 0.1) is 13.8 Å². The zero-order valence-corrected chi connectivity index (χ0v) is 9.35. The van der Waals surface area contributed by atoms with Crippen molar-refractivity contribution in [3.8, 4) is 0 Å². The van der Waals surface area contributed by atoms with Crippen molar-refractivity contribution in [2.24, 2.45) is 0 Å². The van der Waals surface area contributed by atoms with Crippen LogP contribution in [0.3, 0.4) is 0 Å². The van der Waals surface area contributed by atoms with Gasteiger partial charge in [-0.1, -0.05) is 31.0 Å². The van der Waals surface area contributed by atoms with E-state index >= 15 is 0 Å². The molecule has 1 heterocycles. The predicted octanol–water partition coefficient (Wildman–Crippen LogP) is 3.61. The Balaban J connectivity index is 2.38. The van der Waals surface area contributed by atoms with E-state index in [9.17, 15) is 0 Å². The molecule has 0 spiro atoms. The number of hydrogen-bond donors (Lipinski definition) is 1. The van der Waals surface area contributed by atoms with Gasteiger partial charge in [0.25, 0.3) is 0 Å². The predicted molar refractivity (Wildman–Crippen MR) is 62.1 cm³/mol. The maximum Gasteiger partial charge on any atom is 0.0406 e. The minimum atomic E-state index is 0.744. The van der Waals surface area contributed by atoms with E-state index in [-0.39, 0.29) is 0 Å². The van der Waals surface area contributed by atoms with Gasteiger partial charge in [0.2, 0.25) is 0 Å². The van der Waals surface area contributed by atoms with Gasteiger partial charge in [0.1, 0.15) is 0 Å². The van der Waals surface area contributed by atoms with E-state index in [0.29, 0.717) is 0 Å². The lowest BCUT2D eigenvalue weighted by atomic mass is 9.94. The van der Waals surface area contributed by atoms with E-state index in [1.165, 1.54) is 29.7 Å². The summed E-state index contributed by atoms with van der Waals surface area (Å²) < 4.78 is 0. The van der Waals surface area contributed by atoms with Gasteiger partial charge in [0, 0.05) is 18.2 Å². The third-order valence-corrected chi connectivity index (χ3v) is 3.11. The molecule has 1 atom stereocenters. The second-order valence-corrected chi connectivity index (χ2v) is 4.41. The molecule has 2 rings (SSSR count). The summed E-state index contributed by atoms with van der Waals surface area (Å²) in [6.45, 7) is 7.79. The van der Waals surface area contributed by atoms with Gasteiger partial charge in [-0.3, -0.25) is 0 Å². The van der Waals surface area contributed by atoms with Gasteiger partial charge >= 0.3 is 0 Å². The fraction of sp³-hybridized carbons (Fsp3) is 0.538. The average molecular weight is 189 g/mol. The van der Waals surface area contributed by atoms with Crippen molar-refractivity contribution in [1.82, 2.24) is 0 Å². The largest absolute Gasteiger partial charge is 0.384 e. The molecule has 1 aliphatic rings. The molecule has 1 unspecified atom stereocenters. The fourth-order valence-corrected chi connectivity index (χ4v) is 2.51. The van der Waals surface area contributed by atoms with Crippen molar-refractivity contribution in [3.05, 3.63) is 28.8 Å². The van der Waals surface area contributed by atoms with Crippen LogP contribution in [0.2, 0.25) is 0 Å². The maximum absolute atomic E-state index is 3.53. The number of nitrogens with one attached hydrogen (secondary N) is 1. The summed E-state index contributed by atoms with van der Waals surface area (Å²) in [6.07, 6.45) is 2.58. The first kappa shape index (κ1) is 9.57. The van der Waals surface area contributed by atoms with Crippen molar-refractivity contribution in [2.75, 3.05) is 11.9 Å². The molecule has 1 aromatic carbocycles. The molecule has 1 aliphatic heterocycles. The Labute approximate surface area is 86.5 Å². The Morgan fingerprint density at radius 2 is 2.14 bits per heavy atom. The highest BCUT2D eigenvalue weighted by molar-refractivity contribution is 5.63. The average Bonchev–Trinajstić information content (AvgIpc) is 2.49. The van der Waals surface area contributed by atoms with E-state index < -0.39 is 0 Å². The van der Waals surface area contributed by atoms with Crippen LogP contribution in [0.25, 0.3) is 0 Å². The Bertz CT molecular complexity index is 341. The van der Waals surface area contributed by atoms with Gasteiger partial charge in [0.15, 0.2) is 0 Å². The molecular formula is C13H19N. The monoisotopic (exact) mass is 189 g/mol. The van der Waals surface area contributed by atoms with Crippen molar-refractivity contribution < 1.29 is 0 Å². The molecule has 0 aromatic heterocycles. The standard InChI is InChI=1S/C13H19N/c1-4-5-11-8-14-13-10(3)6-9(2)7-12(11)13/h6-7,11,14H,4-5,8H2,1-3H3. The number of aryl methyl sites for hydroxylation is 2. The number of hydrogen-bond acceptors (Lipinski definition) is 1. The summed E-state index contributed by atoms with van der Waals surface area (Å²) in [7, 11) is 0. The highest BCUT2D eigenvalue weighted by atomic mass is 14.9. The van der Waals surface area contributed by atoms with Gasteiger partial charge in [-0.15, -0.1) is 0 Å². The quantitative estimate of drug-likeness (QED) is 0.749. The Hall–Kier alpha value is -0.980. The van der Waals surface area contributed by atoms with Crippen LogP contribution < -0.4 is 5.32 Å². The van der Waals surface area contributed by atoms with Crippen molar-refractivity contribution in [1.29, 1.82) is 0 Å². The molecule has 14 heavy (non-hydrogen) atoms. The molecule has 1 nitrogen and oxygen atoms in total. The summed E-state index contributed by atoms with van der Waals surface area (Å²) in [6, 6.07) is 4.61. The summed E-state index contributed by atoms with van der Waals surface area (Å²) in [4.78, 5) is 0. The first-order valence-corrected chi connectivity index (χ1v) is 5.57. The molecule has 0 saturated carbocycles. The molecule has 0 fully saturated rings. The first-order chi connectivity index (χ1) is 6.72. The lowest BCUT2D eigenvalue weighted by Crippen LogP contribution is -2.00. The Morgan fingerprint density at radius 1 is 1.36 bits per heavy atom. The van der Waals surface area contributed by atoms with Crippen LogP contribution in [0.1, 0.15) is 42.4 Å². The third kappa shape index (κ3) is 1.52. The van der Waals surface area contributed by atoms with Gasteiger partial charge in [-0.05, 0) is 31.4 Å². The molecule has 76 valence electrons. The first-order valence-electron chi connectivity index (χ1n) is 5.57. The van der Waals surface area contributed by atoms with Crippen LogP contribution in [-0.2, 0) is 0 Å². The van der Waals surface area contributed by atoms with Crippen LogP contribution in [0.5, 0.6) is 0 Å². The molecule has 0 saturated heterocycles. The van der Waals surface area contributed by atoms with Crippen LogP contribution >= 0.6 is 0 Å². The summed E-state index contributed by atoms with van der Waals surface area (Å²) in [5.41, 5.74) is 5.74. The maximum atomic E-state index is 3.53. The van der Waals surface area contributed by atoms with E-state index in [2.05, 4.69) is 38.2 Å². The SMILES string of the molecule is CCCC1CNc2c(C)cc(C)cc21. The molecule has 0 aliphatic carbocycles. The topological polar surface area (TPSA) is 12.0 Å². The highest BCUT2D eigenvalue weighted by Crippen LogP contribution is 2.37. The number of rotatable bonds is 2. The number of anilines is 1. The third-order valence-electron chi connectivity index (χ3n) is 3.11. The second kappa shape index (κ2) is 3.64. The lowest BCUT2D eigenvalue weighted by Gasteiger charge is -2.10. The molecule has 0 bridgehead atoms. The van der Waals surface area contributed by atoms with Crippen LogP contribution in [0.15, 0.2) is 12.1 Å². The van der Waals surface area contributed by atoms with Gasteiger partial charge < -0.3 is 5.32 Å². The molecule has 0 radical (unpaired) electrons. The molecule has 1 N–H and O–H groups in total. The molecule has 0 amide bonds. The minimum absolute atomic E-state index is 0.744. The number of benzene rings is 1. The van der Waals surface area contributed by atoms with E-state index in [4.69, 9.17) is 0 Å². The Morgan fingerprint density at radius 3 is 2.86 bits per heavy atom. The van der Waals surface area contributed by atoms with Crippen LogP contribution in [0.4, 0.5) is 5.69 Å². The van der Waals surface area contributed by atoms with Gasteiger partial charge in [-0.2, -0.15) is 0 Å². The Kier molecular flexibility index (Phi) is 2.49. The molecule has 1 heteroatoms. The molecule has 1 aromatic rings. The van der Waals surface area contributed by atoms with Crippen molar-refractivity contribution >= 4 is 5.69 Å². The van der Waals surface area contributed by atoms with E-state index in [1.807, 2.05) is 0 Å². The van der Waals surface area contributed by atoms with Gasteiger partial charge in [0.05, 0.1) is 0 Å². The van der Waals surface area contributed by atoms with E-state index in [1.54, 1.807) is 5.56 Å². The summed E-state index contributed by atoms with van der Waals surface area (Å²) >= 11 is 0. The zero-order valence-electron chi connectivity index (χ0n) is 9.35. The number of fused-ring (bicyclic) bond motifs is 1. The summed E-state index contributed by atoms with van der Waals surface area (Å²) in [5.74, 6) is 0.744. The summed E-state index contributed by atoms with van der Waals surface area (Å²) in [5, 5.41) is 3.53. The normalized spacial score (nSPS) is 19.2. The van der Waals surface area contributed by atoms with Gasteiger partial charge in [-0.25, -0.2) is 0 Å². The second-order valence-electron chi connectivity index (χ2n) is 4.41. The van der Waals surface area contributed by atoms with E-state index in [0.717, 1.165) is 12.5 Å². The smallest absolute Gasteiger partial charge is 0.0406 e. The lowest BCUT2D eigenvalue weighted by molar-refractivity contribution is 0.661. The highest BCUT2D eigenvalue weighted by Gasteiger charge is 2.22. The molecular weight excluding hydrogens is 170 g/mol. The van der Waals surface area contributed by atoms with Crippen molar-refractivity contribution in [2.45, 2.75) is 39.5 Å².